The fourth-order valence-electron chi connectivity index (χ4n) is 4.01. The van der Waals surface area contributed by atoms with Gasteiger partial charge >= 0.3 is 0 Å². The Balaban J connectivity index is 1.45. The summed E-state index contributed by atoms with van der Waals surface area (Å²) in [5.74, 6) is -0.0450. The first kappa shape index (κ1) is 17.8. The van der Waals surface area contributed by atoms with Crippen molar-refractivity contribution in [3.63, 3.8) is 0 Å². The SMILES string of the molecule is Cc1ccc(-n2nc(C(=O)NCCC(=O)N3CCCC3)c3c2CCC3)cc1. The summed E-state index contributed by atoms with van der Waals surface area (Å²) in [5.41, 5.74) is 4.89. The van der Waals surface area contributed by atoms with Gasteiger partial charge in [0, 0.05) is 37.3 Å². The number of hydrogen-bond acceptors (Lipinski definition) is 3. The maximum atomic E-state index is 12.7. The van der Waals surface area contributed by atoms with Gasteiger partial charge in [0.25, 0.3) is 5.91 Å². The van der Waals surface area contributed by atoms with Crippen LogP contribution in [0.5, 0.6) is 0 Å². The molecule has 0 bridgehead atoms. The van der Waals surface area contributed by atoms with Gasteiger partial charge in [0.15, 0.2) is 5.69 Å². The number of nitrogens with zero attached hydrogens (tertiary/aromatic N) is 3. The molecule has 1 aliphatic heterocycles. The van der Waals surface area contributed by atoms with Crippen LogP contribution >= 0.6 is 0 Å². The number of fused-ring (bicyclic) bond motifs is 1. The maximum Gasteiger partial charge on any atom is 0.272 e. The number of benzene rings is 1. The van der Waals surface area contributed by atoms with Crippen LogP contribution in [-0.2, 0) is 17.6 Å². The zero-order valence-corrected chi connectivity index (χ0v) is 15.8. The first-order chi connectivity index (χ1) is 13.1. The van der Waals surface area contributed by atoms with Crippen LogP contribution in [0.3, 0.4) is 0 Å². The van der Waals surface area contributed by atoms with Crippen molar-refractivity contribution in [2.24, 2.45) is 0 Å². The zero-order chi connectivity index (χ0) is 18.8. The number of carbonyl (C=O) groups is 2. The third-order valence-corrected chi connectivity index (χ3v) is 5.51. The van der Waals surface area contributed by atoms with Gasteiger partial charge < -0.3 is 10.2 Å². The lowest BCUT2D eigenvalue weighted by atomic mass is 10.2. The summed E-state index contributed by atoms with van der Waals surface area (Å²) in [6.45, 7) is 4.11. The molecule has 142 valence electrons. The number of aryl methyl sites for hydroxylation is 1. The Bertz CT molecular complexity index is 848. The van der Waals surface area contributed by atoms with E-state index in [1.54, 1.807) is 0 Å². The summed E-state index contributed by atoms with van der Waals surface area (Å²) in [5, 5.41) is 7.51. The average Bonchev–Trinajstić information content (AvgIpc) is 3.40. The summed E-state index contributed by atoms with van der Waals surface area (Å²) in [7, 11) is 0. The molecule has 2 aromatic rings. The quantitative estimate of drug-likeness (QED) is 0.884. The van der Waals surface area contributed by atoms with E-state index in [1.165, 1.54) is 5.56 Å². The molecule has 0 atom stereocenters. The highest BCUT2D eigenvalue weighted by Gasteiger charge is 2.27. The molecule has 1 aliphatic carbocycles. The molecule has 2 amide bonds. The van der Waals surface area contributed by atoms with Crippen LogP contribution in [0.1, 0.15) is 53.0 Å². The van der Waals surface area contributed by atoms with Crippen molar-refractivity contribution in [2.75, 3.05) is 19.6 Å². The Morgan fingerprint density at radius 2 is 1.81 bits per heavy atom. The van der Waals surface area contributed by atoms with Gasteiger partial charge in [-0.3, -0.25) is 9.59 Å². The number of nitrogens with one attached hydrogen (secondary N) is 1. The number of amides is 2. The van der Waals surface area contributed by atoms with Crippen LogP contribution < -0.4 is 5.32 Å². The van der Waals surface area contributed by atoms with Gasteiger partial charge in [-0.2, -0.15) is 5.10 Å². The van der Waals surface area contributed by atoms with Crippen molar-refractivity contribution in [3.05, 3.63) is 46.8 Å². The molecule has 1 saturated heterocycles. The van der Waals surface area contributed by atoms with Gasteiger partial charge in [-0.15, -0.1) is 0 Å². The van der Waals surface area contributed by atoms with Crippen molar-refractivity contribution in [2.45, 2.75) is 45.4 Å². The van der Waals surface area contributed by atoms with Crippen LogP contribution in [0.25, 0.3) is 5.69 Å². The highest BCUT2D eigenvalue weighted by molar-refractivity contribution is 5.94. The van der Waals surface area contributed by atoms with E-state index in [0.717, 1.165) is 62.1 Å². The third kappa shape index (κ3) is 3.61. The van der Waals surface area contributed by atoms with Crippen molar-refractivity contribution < 1.29 is 9.59 Å². The molecule has 1 N–H and O–H groups in total. The molecule has 1 aromatic carbocycles. The van der Waals surface area contributed by atoms with E-state index >= 15 is 0 Å². The van der Waals surface area contributed by atoms with E-state index in [-0.39, 0.29) is 11.8 Å². The van der Waals surface area contributed by atoms with Gasteiger partial charge in [-0.05, 0) is 51.2 Å². The van der Waals surface area contributed by atoms with E-state index in [2.05, 4.69) is 29.5 Å². The summed E-state index contributed by atoms with van der Waals surface area (Å²) < 4.78 is 1.91. The van der Waals surface area contributed by atoms with Crippen molar-refractivity contribution >= 4 is 11.8 Å². The van der Waals surface area contributed by atoms with Crippen LogP contribution in [0.2, 0.25) is 0 Å². The molecule has 2 heterocycles. The van der Waals surface area contributed by atoms with Gasteiger partial charge in [0.1, 0.15) is 0 Å². The summed E-state index contributed by atoms with van der Waals surface area (Å²) in [4.78, 5) is 26.7. The Kier molecular flexibility index (Phi) is 4.97. The highest BCUT2D eigenvalue weighted by atomic mass is 16.2. The molecule has 6 heteroatoms. The fourth-order valence-corrected chi connectivity index (χ4v) is 4.01. The molecule has 0 spiro atoms. The van der Waals surface area contributed by atoms with Gasteiger partial charge in [0.05, 0.1) is 5.69 Å². The lowest BCUT2D eigenvalue weighted by Gasteiger charge is -2.15. The molecule has 0 radical (unpaired) electrons. The number of rotatable bonds is 5. The largest absolute Gasteiger partial charge is 0.350 e. The fraction of sp³-hybridized carbons (Fsp3) is 0.476. The predicted octanol–water partition coefficient (Wildman–Crippen LogP) is 2.41. The smallest absolute Gasteiger partial charge is 0.272 e. The zero-order valence-electron chi connectivity index (χ0n) is 15.8. The standard InChI is InChI=1S/C21H26N4O2/c1-15-7-9-16(10-8-15)25-18-6-4-5-17(18)20(23-25)21(27)22-12-11-19(26)24-13-2-3-14-24/h7-10H,2-6,11-14H2,1H3,(H,22,27). The monoisotopic (exact) mass is 366 g/mol. The van der Waals surface area contributed by atoms with E-state index in [1.807, 2.05) is 21.7 Å². The van der Waals surface area contributed by atoms with Crippen molar-refractivity contribution in [3.8, 4) is 5.69 Å². The van der Waals surface area contributed by atoms with Crippen LogP contribution in [-0.4, -0.2) is 46.1 Å². The Labute approximate surface area is 159 Å². The Morgan fingerprint density at radius 1 is 1.07 bits per heavy atom. The van der Waals surface area contributed by atoms with Crippen molar-refractivity contribution in [1.29, 1.82) is 0 Å². The summed E-state index contributed by atoms with van der Waals surface area (Å²) >= 11 is 0. The average molecular weight is 366 g/mol. The second-order valence-corrected chi connectivity index (χ2v) is 7.47. The van der Waals surface area contributed by atoms with Gasteiger partial charge in [0.2, 0.25) is 5.91 Å². The molecule has 0 unspecified atom stereocenters. The number of aromatic nitrogens is 2. The second kappa shape index (κ2) is 7.55. The van der Waals surface area contributed by atoms with E-state index in [4.69, 9.17) is 0 Å². The topological polar surface area (TPSA) is 67.2 Å². The van der Waals surface area contributed by atoms with Crippen LogP contribution in [0.4, 0.5) is 0 Å². The minimum absolute atomic E-state index is 0.128. The maximum absolute atomic E-state index is 12.7. The molecule has 6 nitrogen and oxygen atoms in total. The lowest BCUT2D eigenvalue weighted by molar-refractivity contribution is -0.129. The van der Waals surface area contributed by atoms with Crippen LogP contribution in [0, 0.1) is 6.92 Å². The number of carbonyl (C=O) groups excluding carboxylic acids is 2. The molecule has 1 fully saturated rings. The molecule has 4 rings (SSSR count). The molecule has 2 aliphatic rings. The lowest BCUT2D eigenvalue weighted by Crippen LogP contribution is -2.33. The van der Waals surface area contributed by atoms with E-state index in [0.29, 0.717) is 18.7 Å². The Hall–Kier alpha value is -2.63. The predicted molar refractivity (Wildman–Crippen MR) is 103 cm³/mol. The summed E-state index contributed by atoms with van der Waals surface area (Å²) in [6, 6.07) is 8.19. The van der Waals surface area contributed by atoms with E-state index in [9.17, 15) is 9.59 Å². The first-order valence-corrected chi connectivity index (χ1v) is 9.87. The molecule has 1 aromatic heterocycles. The van der Waals surface area contributed by atoms with Crippen molar-refractivity contribution in [1.82, 2.24) is 20.0 Å². The van der Waals surface area contributed by atoms with Crippen LogP contribution in [0.15, 0.2) is 24.3 Å². The molecular weight excluding hydrogens is 340 g/mol. The molecular formula is C21H26N4O2. The Morgan fingerprint density at radius 3 is 2.56 bits per heavy atom. The minimum Gasteiger partial charge on any atom is -0.350 e. The third-order valence-electron chi connectivity index (χ3n) is 5.51. The minimum atomic E-state index is -0.173. The molecule has 27 heavy (non-hydrogen) atoms. The second-order valence-electron chi connectivity index (χ2n) is 7.47. The molecule has 0 saturated carbocycles. The number of hydrogen-bond donors (Lipinski definition) is 1. The first-order valence-electron chi connectivity index (χ1n) is 9.87. The summed E-state index contributed by atoms with van der Waals surface area (Å²) in [6.07, 6.45) is 5.40. The highest BCUT2D eigenvalue weighted by Crippen LogP contribution is 2.28. The van der Waals surface area contributed by atoms with Gasteiger partial charge in [-0.25, -0.2) is 4.68 Å². The normalized spacial score (nSPS) is 15.8. The van der Waals surface area contributed by atoms with Gasteiger partial charge in [-0.1, -0.05) is 17.7 Å². The number of likely N-dealkylation sites (tertiary alicyclic amines) is 1. The van der Waals surface area contributed by atoms with E-state index < -0.39 is 0 Å².